The molecule has 3 heteroatoms. The molecule has 1 unspecified atom stereocenters. The largest absolute Gasteiger partial charge is 0.481 e. The van der Waals surface area contributed by atoms with Crippen LogP contribution in [0, 0.1) is 11.3 Å². The summed E-state index contributed by atoms with van der Waals surface area (Å²) in [4.78, 5) is 10.5. The third-order valence-corrected chi connectivity index (χ3v) is 2.09. The fourth-order valence-corrected chi connectivity index (χ4v) is 1.27. The Morgan fingerprint density at radius 3 is 2.50 bits per heavy atom. The van der Waals surface area contributed by atoms with E-state index in [1.165, 1.54) is 0 Å². The van der Waals surface area contributed by atoms with E-state index in [0.717, 1.165) is 5.56 Å². The van der Waals surface area contributed by atoms with Crippen molar-refractivity contribution < 1.29 is 9.90 Å². The van der Waals surface area contributed by atoms with Gasteiger partial charge in [-0.25, -0.2) is 0 Å². The third kappa shape index (κ3) is 2.60. The van der Waals surface area contributed by atoms with Crippen molar-refractivity contribution in [1.82, 2.24) is 0 Å². The van der Waals surface area contributed by atoms with Crippen molar-refractivity contribution in [2.75, 3.05) is 0 Å². The molecular formula is C11H11NO2. The van der Waals surface area contributed by atoms with Crippen LogP contribution in [0.4, 0.5) is 0 Å². The minimum atomic E-state index is -0.804. The molecule has 1 N–H and O–H groups in total. The topological polar surface area (TPSA) is 61.1 Å². The van der Waals surface area contributed by atoms with Gasteiger partial charge in [-0.2, -0.15) is 5.26 Å². The van der Waals surface area contributed by atoms with Gasteiger partial charge in [0.2, 0.25) is 0 Å². The second-order valence-electron chi connectivity index (χ2n) is 3.23. The zero-order chi connectivity index (χ0) is 10.6. The molecule has 0 aliphatic rings. The quantitative estimate of drug-likeness (QED) is 0.792. The number of hydrogen-bond acceptors (Lipinski definition) is 2. The molecule has 14 heavy (non-hydrogen) atoms. The molecule has 0 saturated heterocycles. The van der Waals surface area contributed by atoms with E-state index in [2.05, 4.69) is 0 Å². The predicted molar refractivity (Wildman–Crippen MR) is 51.8 cm³/mol. The van der Waals surface area contributed by atoms with Gasteiger partial charge in [-0.05, 0) is 23.6 Å². The average Bonchev–Trinajstić information content (AvgIpc) is 2.17. The van der Waals surface area contributed by atoms with Gasteiger partial charge in [-0.3, -0.25) is 4.79 Å². The molecule has 1 aromatic carbocycles. The predicted octanol–water partition coefficient (Wildman–Crippen LogP) is 2.14. The molecule has 1 rings (SSSR count). The summed E-state index contributed by atoms with van der Waals surface area (Å²) in [6.45, 7) is 1.86. The highest BCUT2D eigenvalue weighted by Crippen LogP contribution is 2.18. The molecular weight excluding hydrogens is 178 g/mol. The first-order chi connectivity index (χ1) is 6.63. The molecule has 0 heterocycles. The van der Waals surface area contributed by atoms with Gasteiger partial charge >= 0.3 is 5.97 Å². The fourth-order valence-electron chi connectivity index (χ4n) is 1.27. The van der Waals surface area contributed by atoms with Gasteiger partial charge in [-0.1, -0.05) is 19.1 Å². The maximum absolute atomic E-state index is 10.5. The maximum atomic E-state index is 10.5. The van der Waals surface area contributed by atoms with Crippen LogP contribution in [-0.4, -0.2) is 11.1 Å². The lowest BCUT2D eigenvalue weighted by atomic mass is 9.97. The van der Waals surface area contributed by atoms with Crippen LogP contribution in [0.1, 0.15) is 30.4 Å². The minimum absolute atomic E-state index is 0.0137. The lowest BCUT2D eigenvalue weighted by molar-refractivity contribution is -0.137. The van der Waals surface area contributed by atoms with Crippen LogP contribution in [0.3, 0.4) is 0 Å². The lowest BCUT2D eigenvalue weighted by Gasteiger charge is -2.08. The van der Waals surface area contributed by atoms with Crippen molar-refractivity contribution in [3.63, 3.8) is 0 Å². The molecule has 0 aromatic heterocycles. The summed E-state index contributed by atoms with van der Waals surface area (Å²) in [5.41, 5.74) is 1.54. The Morgan fingerprint density at radius 1 is 1.50 bits per heavy atom. The second-order valence-corrected chi connectivity index (χ2v) is 3.23. The number of nitriles is 1. The number of carbonyl (C=O) groups is 1. The van der Waals surface area contributed by atoms with Gasteiger partial charge in [0.05, 0.1) is 18.1 Å². The van der Waals surface area contributed by atoms with Gasteiger partial charge in [0, 0.05) is 0 Å². The highest BCUT2D eigenvalue weighted by Gasteiger charge is 2.09. The molecule has 72 valence electrons. The first-order valence-electron chi connectivity index (χ1n) is 4.35. The molecule has 0 saturated carbocycles. The Balaban J connectivity index is 2.77. The summed E-state index contributed by atoms with van der Waals surface area (Å²) in [6.07, 6.45) is 0.117. The van der Waals surface area contributed by atoms with Crippen molar-refractivity contribution in [2.24, 2.45) is 0 Å². The van der Waals surface area contributed by atoms with Crippen LogP contribution >= 0.6 is 0 Å². The monoisotopic (exact) mass is 189 g/mol. The minimum Gasteiger partial charge on any atom is -0.481 e. The zero-order valence-electron chi connectivity index (χ0n) is 7.90. The summed E-state index contributed by atoms with van der Waals surface area (Å²) < 4.78 is 0. The number of carboxylic acids is 1. The maximum Gasteiger partial charge on any atom is 0.303 e. The van der Waals surface area contributed by atoms with E-state index in [1.807, 2.05) is 13.0 Å². The Kier molecular flexibility index (Phi) is 3.24. The van der Waals surface area contributed by atoms with Gasteiger partial charge in [0.25, 0.3) is 0 Å². The van der Waals surface area contributed by atoms with Crippen LogP contribution < -0.4 is 0 Å². The average molecular weight is 189 g/mol. The molecule has 0 aliphatic heterocycles. The first-order valence-corrected chi connectivity index (χ1v) is 4.35. The SMILES string of the molecule is CC(CC(=O)O)c1ccc(C#N)cc1. The van der Waals surface area contributed by atoms with Crippen LogP contribution in [0.15, 0.2) is 24.3 Å². The van der Waals surface area contributed by atoms with Crippen molar-refractivity contribution >= 4 is 5.97 Å². The Morgan fingerprint density at radius 2 is 2.07 bits per heavy atom. The number of aliphatic carboxylic acids is 1. The van der Waals surface area contributed by atoms with Gasteiger partial charge in [-0.15, -0.1) is 0 Å². The van der Waals surface area contributed by atoms with E-state index in [1.54, 1.807) is 24.3 Å². The number of benzene rings is 1. The molecule has 0 aliphatic carbocycles. The smallest absolute Gasteiger partial charge is 0.303 e. The summed E-state index contributed by atoms with van der Waals surface area (Å²) >= 11 is 0. The van der Waals surface area contributed by atoms with Crippen molar-refractivity contribution in [3.8, 4) is 6.07 Å². The molecule has 1 atom stereocenters. The number of nitrogens with zero attached hydrogens (tertiary/aromatic N) is 1. The molecule has 1 aromatic rings. The molecule has 0 spiro atoms. The van der Waals surface area contributed by atoms with Crippen LogP contribution in [0.25, 0.3) is 0 Å². The fraction of sp³-hybridized carbons (Fsp3) is 0.273. The first kappa shape index (κ1) is 10.3. The van der Waals surface area contributed by atoms with E-state index < -0.39 is 5.97 Å². The van der Waals surface area contributed by atoms with E-state index in [0.29, 0.717) is 5.56 Å². The molecule has 0 bridgehead atoms. The summed E-state index contributed by atoms with van der Waals surface area (Å²) in [5.74, 6) is -0.817. The van der Waals surface area contributed by atoms with E-state index in [9.17, 15) is 4.79 Å². The van der Waals surface area contributed by atoms with Crippen LogP contribution in [0.5, 0.6) is 0 Å². The summed E-state index contributed by atoms with van der Waals surface area (Å²) in [5, 5.41) is 17.2. The molecule has 0 fully saturated rings. The Bertz CT molecular complexity index is 362. The zero-order valence-corrected chi connectivity index (χ0v) is 7.90. The molecule has 0 radical (unpaired) electrons. The third-order valence-electron chi connectivity index (χ3n) is 2.09. The summed E-state index contributed by atoms with van der Waals surface area (Å²) in [7, 11) is 0. The summed E-state index contributed by atoms with van der Waals surface area (Å²) in [6, 6.07) is 9.02. The number of hydrogen-bond donors (Lipinski definition) is 1. The number of rotatable bonds is 3. The van der Waals surface area contributed by atoms with Crippen molar-refractivity contribution in [1.29, 1.82) is 5.26 Å². The lowest BCUT2D eigenvalue weighted by Crippen LogP contribution is -2.02. The van der Waals surface area contributed by atoms with Gasteiger partial charge in [0.15, 0.2) is 0 Å². The standard InChI is InChI=1S/C11H11NO2/c1-8(6-11(13)14)10-4-2-9(7-12)3-5-10/h2-5,8H,6H2,1H3,(H,13,14). The number of carboxylic acid groups (broad SMARTS) is 1. The van der Waals surface area contributed by atoms with E-state index in [-0.39, 0.29) is 12.3 Å². The van der Waals surface area contributed by atoms with Crippen molar-refractivity contribution in [2.45, 2.75) is 19.3 Å². The highest BCUT2D eigenvalue weighted by molar-refractivity contribution is 5.67. The highest BCUT2D eigenvalue weighted by atomic mass is 16.4. The van der Waals surface area contributed by atoms with Crippen molar-refractivity contribution in [3.05, 3.63) is 35.4 Å². The van der Waals surface area contributed by atoms with Gasteiger partial charge < -0.3 is 5.11 Å². The van der Waals surface area contributed by atoms with E-state index >= 15 is 0 Å². The Hall–Kier alpha value is -1.82. The second kappa shape index (κ2) is 4.43. The van der Waals surface area contributed by atoms with Gasteiger partial charge in [0.1, 0.15) is 0 Å². The Labute approximate surface area is 82.6 Å². The molecule has 0 amide bonds. The van der Waals surface area contributed by atoms with Crippen LogP contribution in [-0.2, 0) is 4.79 Å². The normalized spacial score (nSPS) is 11.7. The van der Waals surface area contributed by atoms with E-state index in [4.69, 9.17) is 10.4 Å². The van der Waals surface area contributed by atoms with Crippen LogP contribution in [0.2, 0.25) is 0 Å². The molecule has 3 nitrogen and oxygen atoms in total.